The highest BCUT2D eigenvalue weighted by Crippen LogP contribution is 2.33. The molecule has 7 nitrogen and oxygen atoms in total. The fourth-order valence-electron chi connectivity index (χ4n) is 5.80. The Balaban J connectivity index is 0.000000201. The Labute approximate surface area is 286 Å². The van der Waals surface area contributed by atoms with Crippen molar-refractivity contribution in [3.63, 3.8) is 0 Å². The van der Waals surface area contributed by atoms with Crippen molar-refractivity contribution in [1.29, 1.82) is 0 Å². The number of hydrogen-bond acceptors (Lipinski definition) is 5. The van der Waals surface area contributed by atoms with Crippen LogP contribution in [0.5, 0.6) is 5.75 Å². The number of nitrogens with one attached hydrogen (secondary N) is 2. The van der Waals surface area contributed by atoms with Gasteiger partial charge in [0.05, 0.1) is 22.2 Å². The van der Waals surface area contributed by atoms with Gasteiger partial charge in [-0.2, -0.15) is 26.3 Å². The van der Waals surface area contributed by atoms with Gasteiger partial charge in [0, 0.05) is 51.4 Å². The van der Waals surface area contributed by atoms with E-state index in [1.807, 2.05) is 66.5 Å². The molecule has 0 aliphatic carbocycles. The summed E-state index contributed by atoms with van der Waals surface area (Å²) in [6.45, 7) is 4.85. The van der Waals surface area contributed by atoms with E-state index in [9.17, 15) is 31.1 Å². The van der Waals surface area contributed by atoms with Crippen molar-refractivity contribution in [3.8, 4) is 5.75 Å². The normalized spacial score (nSPS) is 14.7. The molecule has 266 valence electrons. The van der Waals surface area contributed by atoms with Crippen LogP contribution in [-0.2, 0) is 18.9 Å². The number of benzene rings is 4. The first-order chi connectivity index (χ1) is 23.9. The molecule has 0 amide bonds. The van der Waals surface area contributed by atoms with Crippen LogP contribution >= 0.6 is 0 Å². The quantitative estimate of drug-likeness (QED) is 0.147. The van der Waals surface area contributed by atoms with Crippen molar-refractivity contribution in [1.82, 2.24) is 19.8 Å². The molecular weight excluding hydrogens is 660 g/mol. The Morgan fingerprint density at radius 1 is 0.760 bits per heavy atom. The Bertz CT molecular complexity index is 1850. The number of aromatic amines is 1. The van der Waals surface area contributed by atoms with Gasteiger partial charge in [0.1, 0.15) is 11.9 Å². The van der Waals surface area contributed by atoms with Crippen LogP contribution in [0.25, 0.3) is 11.0 Å². The molecule has 1 atom stereocenters. The van der Waals surface area contributed by atoms with Crippen molar-refractivity contribution >= 4 is 16.7 Å². The first-order valence-corrected chi connectivity index (χ1v) is 16.3. The summed E-state index contributed by atoms with van der Waals surface area (Å²) in [5, 5.41) is 3.05. The standard InChI is InChI=1S/C20H21F3N4O.C17H18F3NO/c21-20(22,23)15-4-3-5-16(14-15)26-11-8-25(9-12-26)10-13-27-18-7-2-1-6-17(18)24-19(27)28;1-21-12-11-16(13-5-3-2-4-6-13)22-15-9-7-14(8-10-15)17(18,19)20/h1-7,14H,8-13H2,(H,24,28);2-10,16,21H,11-12H2,1H3. The number of hydrogen-bond donors (Lipinski definition) is 2. The minimum atomic E-state index is -4.33. The van der Waals surface area contributed by atoms with Crippen LogP contribution in [0.2, 0.25) is 0 Å². The molecule has 1 aliphatic rings. The fraction of sp³-hybridized carbons (Fsp3) is 0.324. The van der Waals surface area contributed by atoms with Gasteiger partial charge in [0.2, 0.25) is 0 Å². The van der Waals surface area contributed by atoms with Crippen LogP contribution in [-0.4, -0.2) is 60.8 Å². The smallest absolute Gasteiger partial charge is 0.416 e. The summed E-state index contributed by atoms with van der Waals surface area (Å²) < 4.78 is 84.0. The predicted molar refractivity (Wildman–Crippen MR) is 182 cm³/mol. The average Bonchev–Trinajstić information content (AvgIpc) is 3.44. The van der Waals surface area contributed by atoms with E-state index in [4.69, 9.17) is 4.74 Å². The van der Waals surface area contributed by atoms with Gasteiger partial charge in [0.25, 0.3) is 0 Å². The highest BCUT2D eigenvalue weighted by atomic mass is 19.4. The van der Waals surface area contributed by atoms with E-state index in [2.05, 4.69) is 15.2 Å². The maximum atomic E-state index is 12.9. The molecule has 50 heavy (non-hydrogen) atoms. The molecule has 0 saturated carbocycles. The van der Waals surface area contributed by atoms with E-state index in [1.54, 1.807) is 10.6 Å². The van der Waals surface area contributed by atoms with Gasteiger partial charge >= 0.3 is 18.0 Å². The summed E-state index contributed by atoms with van der Waals surface area (Å²) >= 11 is 0. The third-order valence-electron chi connectivity index (χ3n) is 8.52. The number of fused-ring (bicyclic) bond motifs is 1. The Kier molecular flexibility index (Phi) is 11.9. The minimum Gasteiger partial charge on any atom is -0.486 e. The lowest BCUT2D eigenvalue weighted by Gasteiger charge is -2.36. The topological polar surface area (TPSA) is 65.5 Å². The van der Waals surface area contributed by atoms with Gasteiger partial charge in [-0.25, -0.2) is 4.79 Å². The molecule has 1 aliphatic heterocycles. The molecule has 0 spiro atoms. The number of rotatable bonds is 10. The number of anilines is 1. The third-order valence-corrected chi connectivity index (χ3v) is 8.52. The Morgan fingerprint density at radius 2 is 1.42 bits per heavy atom. The van der Waals surface area contributed by atoms with E-state index in [-0.39, 0.29) is 11.8 Å². The van der Waals surface area contributed by atoms with E-state index in [0.29, 0.717) is 31.1 Å². The van der Waals surface area contributed by atoms with Crippen LogP contribution in [0, 0.1) is 0 Å². The van der Waals surface area contributed by atoms with Crippen LogP contribution < -0.4 is 20.6 Å². The lowest BCUT2D eigenvalue weighted by Crippen LogP contribution is -2.47. The van der Waals surface area contributed by atoms with Crippen LogP contribution in [0.4, 0.5) is 32.0 Å². The molecule has 2 heterocycles. The Hall–Kier alpha value is -4.75. The van der Waals surface area contributed by atoms with Gasteiger partial charge in [-0.1, -0.05) is 48.5 Å². The molecule has 1 unspecified atom stereocenters. The van der Waals surface area contributed by atoms with E-state index in [1.165, 1.54) is 24.3 Å². The maximum Gasteiger partial charge on any atom is 0.416 e. The summed E-state index contributed by atoms with van der Waals surface area (Å²) in [7, 11) is 1.85. The predicted octanol–water partition coefficient (Wildman–Crippen LogP) is 7.61. The number of nitrogens with zero attached hydrogens (tertiary/aromatic N) is 3. The van der Waals surface area contributed by atoms with E-state index in [0.717, 1.165) is 67.4 Å². The highest BCUT2D eigenvalue weighted by Gasteiger charge is 2.31. The molecule has 5 aromatic rings. The van der Waals surface area contributed by atoms with Gasteiger partial charge < -0.3 is 19.9 Å². The van der Waals surface area contributed by atoms with Crippen molar-refractivity contribution in [3.05, 3.63) is 130 Å². The monoisotopic (exact) mass is 699 g/mol. The van der Waals surface area contributed by atoms with Crippen molar-refractivity contribution in [2.24, 2.45) is 0 Å². The molecule has 13 heteroatoms. The molecule has 0 bridgehead atoms. The molecule has 6 rings (SSSR count). The number of alkyl halides is 6. The number of piperazine rings is 1. The largest absolute Gasteiger partial charge is 0.486 e. The van der Waals surface area contributed by atoms with Crippen LogP contribution in [0.3, 0.4) is 0 Å². The number of H-pyrrole nitrogens is 1. The third kappa shape index (κ3) is 9.69. The summed E-state index contributed by atoms with van der Waals surface area (Å²) in [5.74, 6) is 0.429. The fourth-order valence-corrected chi connectivity index (χ4v) is 5.80. The molecular formula is C37H39F6N5O2. The van der Waals surface area contributed by atoms with Crippen molar-refractivity contribution < 1.29 is 31.1 Å². The molecule has 1 aromatic heterocycles. The number of halogens is 6. The van der Waals surface area contributed by atoms with Crippen molar-refractivity contribution in [2.45, 2.75) is 31.4 Å². The number of para-hydroxylation sites is 2. The second kappa shape index (κ2) is 16.3. The maximum absolute atomic E-state index is 12.9. The highest BCUT2D eigenvalue weighted by molar-refractivity contribution is 5.74. The average molecular weight is 700 g/mol. The SMILES string of the molecule is CNCCC(Oc1ccc(C(F)(F)F)cc1)c1ccccc1.O=c1[nH]c2ccccc2n1CCN1CCN(c2cccc(C(F)(F)F)c2)CC1. The van der Waals surface area contributed by atoms with Gasteiger partial charge in [-0.05, 0) is 73.8 Å². The second-order valence-corrected chi connectivity index (χ2v) is 11.9. The molecule has 0 radical (unpaired) electrons. The number of ether oxygens (including phenoxy) is 1. The molecule has 2 N–H and O–H groups in total. The molecule has 1 saturated heterocycles. The summed E-state index contributed by atoms with van der Waals surface area (Å²) in [4.78, 5) is 19.2. The number of imidazole rings is 1. The zero-order valence-corrected chi connectivity index (χ0v) is 27.5. The number of aromatic nitrogens is 2. The van der Waals surface area contributed by atoms with E-state index >= 15 is 0 Å². The summed E-state index contributed by atoms with van der Waals surface area (Å²) in [5.41, 5.74) is 1.89. The zero-order chi connectivity index (χ0) is 35.7. The van der Waals surface area contributed by atoms with Gasteiger partial charge in [-0.15, -0.1) is 0 Å². The van der Waals surface area contributed by atoms with Crippen LogP contribution in [0.15, 0.2) is 108 Å². The first kappa shape index (κ1) is 36.5. The van der Waals surface area contributed by atoms with E-state index < -0.39 is 23.5 Å². The van der Waals surface area contributed by atoms with Crippen LogP contribution in [0.1, 0.15) is 29.2 Å². The lowest BCUT2D eigenvalue weighted by molar-refractivity contribution is -0.138. The van der Waals surface area contributed by atoms with Gasteiger partial charge in [0.15, 0.2) is 0 Å². The Morgan fingerprint density at radius 3 is 2.08 bits per heavy atom. The van der Waals surface area contributed by atoms with Crippen molar-refractivity contribution in [2.75, 3.05) is 51.2 Å². The minimum absolute atomic E-state index is 0.121. The molecule has 1 fully saturated rings. The molecule has 4 aromatic carbocycles. The second-order valence-electron chi connectivity index (χ2n) is 11.9. The summed E-state index contributed by atoms with van der Waals surface area (Å²) in [6.07, 6.45) is -8.14. The lowest BCUT2D eigenvalue weighted by atomic mass is 10.1. The first-order valence-electron chi connectivity index (χ1n) is 16.3. The summed E-state index contributed by atoms with van der Waals surface area (Å²) in [6, 6.07) is 27.5. The zero-order valence-electron chi connectivity index (χ0n) is 27.5. The van der Waals surface area contributed by atoms with Gasteiger partial charge in [-0.3, -0.25) is 9.47 Å².